The molecule has 0 saturated carbocycles. The van der Waals surface area contributed by atoms with E-state index in [1.165, 1.54) is 13.1 Å². The Kier molecular flexibility index (Phi) is 8.15. The molecule has 1 aromatic heterocycles. The molecule has 4 N–H and O–H groups in total. The lowest BCUT2D eigenvalue weighted by atomic mass is 10.1. The average molecular weight is 472 g/mol. The predicted molar refractivity (Wildman–Crippen MR) is 110 cm³/mol. The number of ether oxygens (including phenoxy) is 3. The largest absolute Gasteiger partial charge is 0.469 e. The van der Waals surface area contributed by atoms with Gasteiger partial charge in [0.05, 0.1) is 26.4 Å². The second-order valence-corrected chi connectivity index (χ2v) is 8.43. The summed E-state index contributed by atoms with van der Waals surface area (Å²) in [6.45, 7) is 1.42. The van der Waals surface area contributed by atoms with E-state index in [0.717, 1.165) is 10.1 Å². The number of aliphatic hydroxyl groups is 1. The SMILES string of the molecule is Cc1cn([C@@H]2O[C@H](COP(=O)(O)O)[C@@H](O)[C@H]2OCCOCc2ccccc2)c(=O)[nH]c1=O. The van der Waals surface area contributed by atoms with Gasteiger partial charge in [-0.1, -0.05) is 30.3 Å². The van der Waals surface area contributed by atoms with Crippen molar-refractivity contribution in [1.82, 2.24) is 9.55 Å². The van der Waals surface area contributed by atoms with E-state index in [4.69, 9.17) is 24.0 Å². The molecule has 3 rings (SSSR count). The summed E-state index contributed by atoms with van der Waals surface area (Å²) in [5, 5.41) is 10.6. The summed E-state index contributed by atoms with van der Waals surface area (Å²) in [5.41, 5.74) is -0.164. The zero-order valence-corrected chi connectivity index (χ0v) is 18.1. The smallest absolute Gasteiger partial charge is 0.387 e. The first-order valence-corrected chi connectivity index (χ1v) is 11.3. The molecule has 0 bridgehead atoms. The minimum absolute atomic E-state index is 0.0393. The number of H-pyrrole nitrogens is 1. The number of nitrogens with zero attached hydrogens (tertiary/aromatic N) is 1. The van der Waals surface area contributed by atoms with Crippen LogP contribution in [-0.4, -0.2) is 62.6 Å². The lowest BCUT2D eigenvalue weighted by molar-refractivity contribution is -0.0853. The Hall–Kier alpha value is -2.15. The molecule has 0 aliphatic carbocycles. The van der Waals surface area contributed by atoms with Gasteiger partial charge in [0.15, 0.2) is 6.23 Å². The highest BCUT2D eigenvalue weighted by Crippen LogP contribution is 2.38. The van der Waals surface area contributed by atoms with Crippen LogP contribution in [0.1, 0.15) is 17.4 Å². The fourth-order valence-corrected chi connectivity index (χ4v) is 3.55. The van der Waals surface area contributed by atoms with Gasteiger partial charge in [0.1, 0.15) is 18.3 Å². The van der Waals surface area contributed by atoms with Gasteiger partial charge in [0, 0.05) is 11.8 Å². The summed E-state index contributed by atoms with van der Waals surface area (Å²) in [7, 11) is -4.81. The van der Waals surface area contributed by atoms with Gasteiger partial charge in [-0.05, 0) is 12.5 Å². The number of hydrogen-bond acceptors (Lipinski definition) is 8. The summed E-state index contributed by atoms with van der Waals surface area (Å²) in [4.78, 5) is 44.0. The van der Waals surface area contributed by atoms with Gasteiger partial charge >= 0.3 is 13.5 Å². The van der Waals surface area contributed by atoms with E-state index >= 15 is 0 Å². The van der Waals surface area contributed by atoms with Crippen LogP contribution >= 0.6 is 7.82 Å². The average Bonchev–Trinajstić information content (AvgIpc) is 3.04. The molecule has 0 spiro atoms. The molecule has 2 aromatic rings. The van der Waals surface area contributed by atoms with Gasteiger partial charge in [-0.2, -0.15) is 0 Å². The van der Waals surface area contributed by atoms with Crippen LogP contribution in [0.5, 0.6) is 0 Å². The van der Waals surface area contributed by atoms with Gasteiger partial charge in [-0.15, -0.1) is 0 Å². The number of benzene rings is 1. The Bertz CT molecular complexity index is 1050. The number of hydrogen-bond donors (Lipinski definition) is 4. The van der Waals surface area contributed by atoms with Crippen molar-refractivity contribution in [2.24, 2.45) is 0 Å². The van der Waals surface area contributed by atoms with Crippen LogP contribution < -0.4 is 11.2 Å². The fourth-order valence-electron chi connectivity index (χ4n) is 3.21. The molecule has 176 valence electrons. The van der Waals surface area contributed by atoms with Gasteiger partial charge in [0.25, 0.3) is 5.56 Å². The minimum atomic E-state index is -4.81. The van der Waals surface area contributed by atoms with Crippen LogP contribution in [0.2, 0.25) is 0 Å². The van der Waals surface area contributed by atoms with E-state index in [0.29, 0.717) is 6.61 Å². The fraction of sp³-hybridized carbons (Fsp3) is 0.474. The van der Waals surface area contributed by atoms with Crippen molar-refractivity contribution in [3.8, 4) is 0 Å². The normalized spacial score (nSPS) is 23.5. The van der Waals surface area contributed by atoms with Crippen molar-refractivity contribution in [3.63, 3.8) is 0 Å². The van der Waals surface area contributed by atoms with E-state index in [1.54, 1.807) is 0 Å². The maximum Gasteiger partial charge on any atom is 0.469 e. The first-order chi connectivity index (χ1) is 15.2. The molecule has 0 radical (unpaired) electrons. The molecule has 1 saturated heterocycles. The molecular weight excluding hydrogens is 447 g/mol. The molecule has 1 aliphatic heterocycles. The van der Waals surface area contributed by atoms with Crippen molar-refractivity contribution < 1.29 is 38.2 Å². The quantitative estimate of drug-likeness (QED) is 0.269. The highest BCUT2D eigenvalue weighted by molar-refractivity contribution is 7.46. The van der Waals surface area contributed by atoms with Gasteiger partial charge in [-0.25, -0.2) is 9.36 Å². The highest BCUT2D eigenvalue weighted by Gasteiger charge is 2.46. The third-order valence-electron chi connectivity index (χ3n) is 4.79. The van der Waals surface area contributed by atoms with Gasteiger partial charge in [-0.3, -0.25) is 18.9 Å². The summed E-state index contributed by atoms with van der Waals surface area (Å²) in [6.07, 6.45) is -3.58. The van der Waals surface area contributed by atoms with E-state index in [-0.39, 0.29) is 18.8 Å². The van der Waals surface area contributed by atoms with Crippen LogP contribution in [0, 0.1) is 6.92 Å². The standard InChI is InChI=1S/C19H25N2O10P/c1-12-9-21(19(24)20-17(12)23)18-16(15(22)14(31-18)11-30-32(25,26)27)29-8-7-28-10-13-5-3-2-4-6-13/h2-6,9,14-16,18,22H,7-8,10-11H2,1H3,(H,20,23,24)(H2,25,26,27)/t14-,15-,16-,18-/m1/s1. The topological polar surface area (TPSA) is 170 Å². The van der Waals surface area contributed by atoms with E-state index in [2.05, 4.69) is 9.51 Å². The number of phosphoric ester groups is 1. The molecular formula is C19H25N2O10P. The molecule has 13 heteroatoms. The third kappa shape index (κ3) is 6.44. The van der Waals surface area contributed by atoms with Gasteiger partial charge in [0.2, 0.25) is 0 Å². The Labute approximate surface area is 182 Å². The summed E-state index contributed by atoms with van der Waals surface area (Å²) >= 11 is 0. The van der Waals surface area contributed by atoms with Crippen molar-refractivity contribution >= 4 is 7.82 Å². The number of aromatic amines is 1. The van der Waals surface area contributed by atoms with E-state index in [1.807, 2.05) is 30.3 Å². The molecule has 12 nitrogen and oxygen atoms in total. The molecule has 0 unspecified atom stereocenters. The van der Waals surface area contributed by atoms with Crippen molar-refractivity contribution in [2.75, 3.05) is 19.8 Å². The highest BCUT2D eigenvalue weighted by atomic mass is 31.2. The number of aliphatic hydroxyl groups excluding tert-OH is 1. The van der Waals surface area contributed by atoms with Crippen molar-refractivity contribution in [2.45, 2.75) is 38.1 Å². The summed E-state index contributed by atoms with van der Waals surface area (Å²) < 4.78 is 33.4. The predicted octanol–water partition coefficient (Wildman–Crippen LogP) is -0.185. The minimum Gasteiger partial charge on any atom is -0.387 e. The lowest BCUT2D eigenvalue weighted by Crippen LogP contribution is -2.40. The molecule has 1 fully saturated rings. The molecule has 0 amide bonds. The van der Waals surface area contributed by atoms with Gasteiger partial charge < -0.3 is 29.1 Å². The zero-order valence-electron chi connectivity index (χ0n) is 17.2. The van der Waals surface area contributed by atoms with Crippen LogP contribution in [0.4, 0.5) is 0 Å². The molecule has 2 heterocycles. The number of aromatic nitrogens is 2. The molecule has 1 aliphatic rings. The van der Waals surface area contributed by atoms with Crippen LogP contribution in [0.25, 0.3) is 0 Å². The monoisotopic (exact) mass is 472 g/mol. The second kappa shape index (κ2) is 10.6. The molecule has 1 aromatic carbocycles. The zero-order chi connectivity index (χ0) is 23.3. The van der Waals surface area contributed by atoms with Crippen molar-refractivity contribution in [3.05, 3.63) is 68.5 Å². The van der Waals surface area contributed by atoms with E-state index < -0.39 is 50.2 Å². The maximum absolute atomic E-state index is 12.3. The maximum atomic E-state index is 12.3. The van der Waals surface area contributed by atoms with Crippen LogP contribution in [-0.2, 0) is 29.9 Å². The van der Waals surface area contributed by atoms with Crippen LogP contribution in [0.15, 0.2) is 46.1 Å². The van der Waals surface area contributed by atoms with E-state index in [9.17, 15) is 19.3 Å². The first kappa shape index (κ1) is 24.5. The summed E-state index contributed by atoms with van der Waals surface area (Å²) in [5.74, 6) is 0. The Morgan fingerprint density at radius 2 is 1.91 bits per heavy atom. The first-order valence-electron chi connectivity index (χ1n) is 9.74. The number of aryl methyl sites for hydroxylation is 1. The van der Waals surface area contributed by atoms with Crippen LogP contribution in [0.3, 0.4) is 0 Å². The summed E-state index contributed by atoms with van der Waals surface area (Å²) in [6, 6.07) is 9.47. The number of nitrogens with one attached hydrogen (secondary N) is 1. The molecule has 32 heavy (non-hydrogen) atoms. The Morgan fingerprint density at radius 1 is 1.19 bits per heavy atom. The Balaban J connectivity index is 1.69. The second-order valence-electron chi connectivity index (χ2n) is 7.19. The lowest BCUT2D eigenvalue weighted by Gasteiger charge is -2.22. The third-order valence-corrected chi connectivity index (χ3v) is 5.27. The number of rotatable bonds is 10. The van der Waals surface area contributed by atoms with Crippen molar-refractivity contribution in [1.29, 1.82) is 0 Å². The molecule has 4 atom stereocenters. The Morgan fingerprint density at radius 3 is 2.59 bits per heavy atom. The number of phosphoric acid groups is 1.